The average Bonchev–Trinajstić information content (AvgIpc) is 2.59. The van der Waals surface area contributed by atoms with Crippen LogP contribution in [0.4, 0.5) is 5.69 Å². The molecule has 0 bridgehead atoms. The van der Waals surface area contributed by atoms with Crippen LogP contribution < -0.4 is 11.1 Å². The van der Waals surface area contributed by atoms with Crippen molar-refractivity contribution < 1.29 is 4.74 Å². The van der Waals surface area contributed by atoms with Gasteiger partial charge in [-0.2, -0.15) is 0 Å². The molecule has 1 aromatic carbocycles. The monoisotopic (exact) mass is 460 g/mol. The SMILES string of the molecule is CCc1ccc(NC(N)=NCC(CC(C)C)N2CCOCC2)cc1.I. The number of hydrogen-bond acceptors (Lipinski definition) is 3. The van der Waals surface area contributed by atoms with Crippen molar-refractivity contribution >= 4 is 35.6 Å². The minimum atomic E-state index is 0. The first-order valence-electron chi connectivity index (χ1n) is 9.06. The lowest BCUT2D eigenvalue weighted by Gasteiger charge is -2.34. The highest BCUT2D eigenvalue weighted by molar-refractivity contribution is 14.0. The average molecular weight is 460 g/mol. The Morgan fingerprint density at radius 3 is 2.44 bits per heavy atom. The first-order chi connectivity index (χ1) is 11.6. The van der Waals surface area contributed by atoms with Crippen LogP contribution in [0.25, 0.3) is 0 Å². The van der Waals surface area contributed by atoms with Gasteiger partial charge in [0.2, 0.25) is 0 Å². The number of guanidine groups is 1. The zero-order valence-corrected chi connectivity index (χ0v) is 18.0. The Labute approximate surface area is 169 Å². The highest BCUT2D eigenvalue weighted by Crippen LogP contribution is 2.14. The van der Waals surface area contributed by atoms with E-state index in [1.54, 1.807) is 0 Å². The maximum absolute atomic E-state index is 6.08. The third kappa shape index (κ3) is 7.92. The van der Waals surface area contributed by atoms with Crippen molar-refractivity contribution in [2.45, 2.75) is 39.7 Å². The molecular weight excluding hydrogens is 427 g/mol. The van der Waals surface area contributed by atoms with E-state index in [9.17, 15) is 0 Å². The van der Waals surface area contributed by atoms with E-state index in [1.807, 2.05) is 0 Å². The van der Waals surface area contributed by atoms with Gasteiger partial charge in [0.05, 0.1) is 19.8 Å². The number of rotatable bonds is 7. The summed E-state index contributed by atoms with van der Waals surface area (Å²) in [6.45, 7) is 11.0. The standard InChI is InChI=1S/C19H32N4O.HI/c1-4-16-5-7-17(8-6-16)22-19(20)21-14-18(13-15(2)3)23-9-11-24-12-10-23;/h5-8,15,18H,4,9-14H2,1-3H3,(H3,20,21,22);1H. The van der Waals surface area contributed by atoms with Gasteiger partial charge in [-0.25, -0.2) is 0 Å². The van der Waals surface area contributed by atoms with Gasteiger partial charge in [-0.1, -0.05) is 32.9 Å². The molecule has 0 aromatic heterocycles. The van der Waals surface area contributed by atoms with Crippen LogP contribution in [-0.4, -0.2) is 49.7 Å². The highest BCUT2D eigenvalue weighted by atomic mass is 127. The summed E-state index contributed by atoms with van der Waals surface area (Å²) < 4.78 is 5.46. The molecule has 1 aromatic rings. The molecule has 1 saturated heterocycles. The number of morpholine rings is 1. The second-order valence-electron chi connectivity index (χ2n) is 6.83. The van der Waals surface area contributed by atoms with Crippen LogP contribution in [0.3, 0.4) is 0 Å². The van der Waals surface area contributed by atoms with Gasteiger partial charge < -0.3 is 15.8 Å². The number of aryl methyl sites for hydroxylation is 1. The van der Waals surface area contributed by atoms with Crippen molar-refractivity contribution in [1.82, 2.24) is 4.90 Å². The molecule has 0 saturated carbocycles. The Hall–Kier alpha value is -0.860. The maximum atomic E-state index is 6.08. The van der Waals surface area contributed by atoms with Gasteiger partial charge in [0.25, 0.3) is 0 Å². The normalized spacial score (nSPS) is 17.2. The van der Waals surface area contributed by atoms with Crippen LogP contribution >= 0.6 is 24.0 Å². The molecule has 25 heavy (non-hydrogen) atoms. The summed E-state index contributed by atoms with van der Waals surface area (Å²) >= 11 is 0. The number of benzene rings is 1. The van der Waals surface area contributed by atoms with E-state index < -0.39 is 0 Å². The summed E-state index contributed by atoms with van der Waals surface area (Å²) in [4.78, 5) is 7.07. The zero-order chi connectivity index (χ0) is 17.4. The molecule has 1 fully saturated rings. The number of halogens is 1. The van der Waals surface area contributed by atoms with E-state index in [0.717, 1.165) is 51.4 Å². The molecule has 3 N–H and O–H groups in total. The fourth-order valence-corrected chi connectivity index (χ4v) is 3.04. The number of ether oxygens (including phenoxy) is 1. The summed E-state index contributed by atoms with van der Waals surface area (Å²) in [5, 5.41) is 3.19. The minimum absolute atomic E-state index is 0. The van der Waals surface area contributed by atoms with Crippen LogP contribution in [0, 0.1) is 5.92 Å². The van der Waals surface area contributed by atoms with Crippen LogP contribution in [0.2, 0.25) is 0 Å². The quantitative estimate of drug-likeness (QED) is 0.372. The van der Waals surface area contributed by atoms with Crippen molar-refractivity contribution in [2.24, 2.45) is 16.6 Å². The van der Waals surface area contributed by atoms with E-state index in [0.29, 0.717) is 17.9 Å². The van der Waals surface area contributed by atoms with Crippen molar-refractivity contribution in [3.8, 4) is 0 Å². The number of aliphatic imine (C=N–C) groups is 1. The molecule has 2 rings (SSSR count). The number of anilines is 1. The third-order valence-corrected chi connectivity index (χ3v) is 4.41. The topological polar surface area (TPSA) is 62.9 Å². The predicted molar refractivity (Wildman–Crippen MR) is 117 cm³/mol. The summed E-state index contributed by atoms with van der Waals surface area (Å²) in [6.07, 6.45) is 2.17. The zero-order valence-electron chi connectivity index (χ0n) is 15.7. The van der Waals surface area contributed by atoms with Gasteiger partial charge in [0.15, 0.2) is 5.96 Å². The van der Waals surface area contributed by atoms with E-state index in [2.05, 4.69) is 60.2 Å². The van der Waals surface area contributed by atoms with Gasteiger partial charge in [-0.15, -0.1) is 24.0 Å². The Bertz CT molecular complexity index is 513. The lowest BCUT2D eigenvalue weighted by molar-refractivity contribution is 0.0143. The Morgan fingerprint density at radius 2 is 1.88 bits per heavy atom. The molecule has 5 nitrogen and oxygen atoms in total. The first-order valence-corrected chi connectivity index (χ1v) is 9.06. The van der Waals surface area contributed by atoms with Crippen LogP contribution in [0.1, 0.15) is 32.8 Å². The molecular formula is C19H33IN4O. The second-order valence-corrected chi connectivity index (χ2v) is 6.83. The number of nitrogens with zero attached hydrogens (tertiary/aromatic N) is 2. The Kier molecular flexibility index (Phi) is 10.4. The van der Waals surface area contributed by atoms with Gasteiger partial charge in [-0.05, 0) is 36.5 Å². The molecule has 0 amide bonds. The lowest BCUT2D eigenvalue weighted by atomic mass is 10.0. The van der Waals surface area contributed by atoms with Gasteiger partial charge in [0, 0.05) is 24.8 Å². The van der Waals surface area contributed by atoms with Crippen molar-refractivity contribution in [3.05, 3.63) is 29.8 Å². The lowest BCUT2D eigenvalue weighted by Crippen LogP contribution is -2.45. The summed E-state index contributed by atoms with van der Waals surface area (Å²) in [6, 6.07) is 8.76. The van der Waals surface area contributed by atoms with Gasteiger partial charge >= 0.3 is 0 Å². The summed E-state index contributed by atoms with van der Waals surface area (Å²) in [5.74, 6) is 1.13. The molecule has 0 aliphatic carbocycles. The molecule has 1 aliphatic heterocycles. The van der Waals surface area contributed by atoms with E-state index in [1.165, 1.54) is 5.56 Å². The smallest absolute Gasteiger partial charge is 0.193 e. The molecule has 142 valence electrons. The number of hydrogen-bond donors (Lipinski definition) is 2. The van der Waals surface area contributed by atoms with Crippen LogP contribution in [-0.2, 0) is 11.2 Å². The van der Waals surface area contributed by atoms with Crippen molar-refractivity contribution in [1.29, 1.82) is 0 Å². The molecule has 1 atom stereocenters. The fourth-order valence-electron chi connectivity index (χ4n) is 3.04. The Balaban J connectivity index is 0.00000312. The van der Waals surface area contributed by atoms with Crippen LogP contribution in [0.5, 0.6) is 0 Å². The van der Waals surface area contributed by atoms with E-state index >= 15 is 0 Å². The summed E-state index contributed by atoms with van der Waals surface area (Å²) in [7, 11) is 0. The molecule has 1 unspecified atom stereocenters. The predicted octanol–water partition coefficient (Wildman–Crippen LogP) is 3.34. The minimum Gasteiger partial charge on any atom is -0.379 e. The second kappa shape index (κ2) is 11.7. The fraction of sp³-hybridized carbons (Fsp3) is 0.632. The van der Waals surface area contributed by atoms with Crippen LogP contribution in [0.15, 0.2) is 29.3 Å². The number of nitrogens with one attached hydrogen (secondary N) is 1. The van der Waals surface area contributed by atoms with Crippen molar-refractivity contribution in [3.63, 3.8) is 0 Å². The van der Waals surface area contributed by atoms with Crippen molar-refractivity contribution in [2.75, 3.05) is 38.2 Å². The van der Waals surface area contributed by atoms with Gasteiger partial charge in [0.1, 0.15) is 0 Å². The van der Waals surface area contributed by atoms with Gasteiger partial charge in [-0.3, -0.25) is 9.89 Å². The first kappa shape index (κ1) is 22.2. The Morgan fingerprint density at radius 1 is 1.24 bits per heavy atom. The molecule has 0 spiro atoms. The molecule has 0 radical (unpaired) electrons. The molecule has 6 heteroatoms. The van der Waals surface area contributed by atoms with E-state index in [4.69, 9.17) is 10.5 Å². The largest absolute Gasteiger partial charge is 0.379 e. The third-order valence-electron chi connectivity index (χ3n) is 4.41. The van der Waals surface area contributed by atoms with E-state index in [-0.39, 0.29) is 24.0 Å². The molecule has 1 aliphatic rings. The summed E-state index contributed by atoms with van der Waals surface area (Å²) in [5.41, 5.74) is 8.39. The highest BCUT2D eigenvalue weighted by Gasteiger charge is 2.21. The maximum Gasteiger partial charge on any atom is 0.193 e. The molecule has 1 heterocycles. The number of nitrogens with two attached hydrogens (primary N) is 1.